The normalized spacial score (nSPS) is 11.3. The van der Waals surface area contributed by atoms with E-state index in [1.165, 1.54) is 11.8 Å². The molecule has 0 spiro atoms. The minimum Gasteiger partial charge on any atom is -0.302 e. The van der Waals surface area contributed by atoms with Crippen molar-refractivity contribution in [1.29, 1.82) is 0 Å². The maximum Gasteiger partial charge on any atom is 0.328 e. The van der Waals surface area contributed by atoms with Crippen molar-refractivity contribution in [3.63, 3.8) is 0 Å². The van der Waals surface area contributed by atoms with Crippen molar-refractivity contribution in [3.8, 4) is 0 Å². The molecule has 0 aliphatic rings. The summed E-state index contributed by atoms with van der Waals surface area (Å²) < 4.78 is 1.58. The predicted molar refractivity (Wildman–Crippen MR) is 92.2 cm³/mol. The first-order valence-corrected chi connectivity index (χ1v) is 8.65. The van der Waals surface area contributed by atoms with Crippen molar-refractivity contribution < 1.29 is 0 Å². The predicted octanol–water partition coefficient (Wildman–Crippen LogP) is 3.03. The van der Waals surface area contributed by atoms with Crippen molar-refractivity contribution in [2.24, 2.45) is 0 Å². The van der Waals surface area contributed by atoms with Gasteiger partial charge in [0.25, 0.3) is 0 Å². The molecule has 6 nitrogen and oxygen atoms in total. The van der Waals surface area contributed by atoms with Crippen LogP contribution in [-0.4, -0.2) is 30.3 Å². The van der Waals surface area contributed by atoms with Crippen molar-refractivity contribution in [2.45, 2.75) is 32.0 Å². The number of aromatic amines is 1. The molecule has 1 N–H and O–H groups in total. The summed E-state index contributed by atoms with van der Waals surface area (Å²) in [5.74, 6) is 0.903. The van der Waals surface area contributed by atoms with Gasteiger partial charge in [-0.1, -0.05) is 30.3 Å². The number of nitrogens with zero attached hydrogens (tertiary/aromatic N) is 4. The number of imidazole rings is 1. The number of hydrogen-bond acceptors (Lipinski definition) is 5. The number of H-pyrrole nitrogens is 1. The van der Waals surface area contributed by atoms with E-state index in [1.54, 1.807) is 10.8 Å². The van der Waals surface area contributed by atoms with E-state index in [4.69, 9.17) is 11.6 Å². The standard InChI is InChI=1S/C15H16ClN5OS/c1-3-6-23-14-19-12(16)11-13(20-14)21(15(22)18-11)8-10-4-5-17-9(2)7-10/h4-5,7H,3,6,8H2,1-2H3,(H,18,22). The number of pyridine rings is 1. The van der Waals surface area contributed by atoms with E-state index in [1.807, 2.05) is 19.1 Å². The van der Waals surface area contributed by atoms with E-state index in [0.717, 1.165) is 23.4 Å². The fourth-order valence-corrected chi connectivity index (χ4v) is 3.22. The molecular formula is C15H16ClN5OS. The molecular weight excluding hydrogens is 334 g/mol. The smallest absolute Gasteiger partial charge is 0.302 e. The summed E-state index contributed by atoms with van der Waals surface area (Å²) in [5, 5.41) is 0.860. The number of halogens is 1. The average Bonchev–Trinajstić information content (AvgIpc) is 2.83. The quantitative estimate of drug-likeness (QED) is 0.435. The lowest BCUT2D eigenvalue weighted by Gasteiger charge is -2.05. The Labute approximate surface area is 142 Å². The lowest BCUT2D eigenvalue weighted by Crippen LogP contribution is -2.18. The maximum atomic E-state index is 12.3. The molecule has 8 heteroatoms. The Hall–Kier alpha value is -1.86. The first-order valence-electron chi connectivity index (χ1n) is 7.29. The molecule has 3 rings (SSSR count). The van der Waals surface area contributed by atoms with Crippen LogP contribution in [0.3, 0.4) is 0 Å². The van der Waals surface area contributed by atoms with Crippen molar-refractivity contribution >= 4 is 34.5 Å². The highest BCUT2D eigenvalue weighted by molar-refractivity contribution is 7.99. The Balaban J connectivity index is 2.06. The number of hydrogen-bond donors (Lipinski definition) is 1. The minimum absolute atomic E-state index is 0.247. The Kier molecular flexibility index (Phi) is 4.68. The van der Waals surface area contributed by atoms with Crippen LogP contribution in [0.1, 0.15) is 24.6 Å². The van der Waals surface area contributed by atoms with Crippen LogP contribution in [0.2, 0.25) is 5.15 Å². The molecule has 0 unspecified atom stereocenters. The second-order valence-electron chi connectivity index (χ2n) is 5.17. The molecule has 23 heavy (non-hydrogen) atoms. The minimum atomic E-state index is -0.247. The highest BCUT2D eigenvalue weighted by Gasteiger charge is 2.15. The summed E-state index contributed by atoms with van der Waals surface area (Å²) in [6.07, 6.45) is 2.74. The molecule has 0 aliphatic heterocycles. The summed E-state index contributed by atoms with van der Waals surface area (Å²) in [4.78, 5) is 27.9. The number of rotatable bonds is 5. The Morgan fingerprint density at radius 1 is 1.39 bits per heavy atom. The molecule has 0 bridgehead atoms. The Bertz CT molecular complexity index is 905. The summed E-state index contributed by atoms with van der Waals surface area (Å²) in [6, 6.07) is 3.83. The molecule has 0 atom stereocenters. The monoisotopic (exact) mass is 349 g/mol. The van der Waals surface area contributed by atoms with Crippen LogP contribution < -0.4 is 5.69 Å². The molecule has 120 valence electrons. The summed E-state index contributed by atoms with van der Waals surface area (Å²) >= 11 is 7.73. The van der Waals surface area contributed by atoms with E-state index in [2.05, 4.69) is 26.9 Å². The molecule has 3 heterocycles. The van der Waals surface area contributed by atoms with Crippen LogP contribution in [0.5, 0.6) is 0 Å². The van der Waals surface area contributed by atoms with Gasteiger partial charge in [-0.25, -0.2) is 14.8 Å². The summed E-state index contributed by atoms with van der Waals surface area (Å²) in [6.45, 7) is 4.42. The first kappa shape index (κ1) is 16.0. The van der Waals surface area contributed by atoms with Gasteiger partial charge >= 0.3 is 5.69 Å². The fourth-order valence-electron chi connectivity index (χ4n) is 2.27. The van der Waals surface area contributed by atoms with Gasteiger partial charge < -0.3 is 4.98 Å². The molecule has 0 fully saturated rings. The summed E-state index contributed by atoms with van der Waals surface area (Å²) in [7, 11) is 0. The third-order valence-corrected chi connectivity index (χ3v) is 4.62. The molecule has 0 amide bonds. The second-order valence-corrected chi connectivity index (χ2v) is 6.59. The zero-order valence-electron chi connectivity index (χ0n) is 12.8. The third kappa shape index (κ3) is 3.40. The van der Waals surface area contributed by atoms with Gasteiger partial charge in [0.05, 0.1) is 6.54 Å². The van der Waals surface area contributed by atoms with Crippen molar-refractivity contribution in [2.75, 3.05) is 5.75 Å². The molecule has 0 aromatic carbocycles. The second kappa shape index (κ2) is 6.72. The Morgan fingerprint density at radius 2 is 2.22 bits per heavy atom. The van der Waals surface area contributed by atoms with E-state index >= 15 is 0 Å². The molecule has 0 saturated carbocycles. The number of thioether (sulfide) groups is 1. The zero-order chi connectivity index (χ0) is 16.4. The van der Waals surface area contributed by atoms with Crippen molar-refractivity contribution in [1.82, 2.24) is 24.5 Å². The fraction of sp³-hybridized carbons (Fsp3) is 0.333. The van der Waals surface area contributed by atoms with Gasteiger partial charge in [-0.05, 0) is 31.0 Å². The van der Waals surface area contributed by atoms with Crippen LogP contribution in [0.4, 0.5) is 0 Å². The van der Waals surface area contributed by atoms with E-state index in [9.17, 15) is 4.79 Å². The lowest BCUT2D eigenvalue weighted by atomic mass is 10.2. The lowest BCUT2D eigenvalue weighted by molar-refractivity contribution is 0.768. The number of fused-ring (bicyclic) bond motifs is 1. The van der Waals surface area contributed by atoms with Gasteiger partial charge in [0.15, 0.2) is 16.0 Å². The zero-order valence-corrected chi connectivity index (χ0v) is 14.4. The molecule has 3 aromatic heterocycles. The highest BCUT2D eigenvalue weighted by Crippen LogP contribution is 2.23. The van der Waals surface area contributed by atoms with Crippen LogP contribution in [0.25, 0.3) is 11.2 Å². The summed E-state index contributed by atoms with van der Waals surface area (Å²) in [5.41, 5.74) is 2.65. The van der Waals surface area contributed by atoms with Crippen LogP contribution in [-0.2, 0) is 6.54 Å². The van der Waals surface area contributed by atoms with Gasteiger partial charge in [0, 0.05) is 17.6 Å². The number of aromatic nitrogens is 5. The Morgan fingerprint density at radius 3 is 2.96 bits per heavy atom. The van der Waals surface area contributed by atoms with E-state index < -0.39 is 0 Å². The molecule has 0 radical (unpaired) electrons. The van der Waals surface area contributed by atoms with E-state index in [0.29, 0.717) is 22.9 Å². The third-order valence-electron chi connectivity index (χ3n) is 3.30. The molecule has 0 saturated heterocycles. The topological polar surface area (TPSA) is 76.5 Å². The highest BCUT2D eigenvalue weighted by atomic mass is 35.5. The van der Waals surface area contributed by atoms with Gasteiger partial charge in [-0.2, -0.15) is 0 Å². The van der Waals surface area contributed by atoms with E-state index in [-0.39, 0.29) is 10.8 Å². The average molecular weight is 350 g/mol. The molecule has 0 aliphatic carbocycles. The van der Waals surface area contributed by atoms with Gasteiger partial charge in [0.1, 0.15) is 5.52 Å². The van der Waals surface area contributed by atoms with Gasteiger partial charge in [-0.15, -0.1) is 0 Å². The number of nitrogens with one attached hydrogen (secondary N) is 1. The van der Waals surface area contributed by atoms with Gasteiger partial charge in [0.2, 0.25) is 0 Å². The largest absolute Gasteiger partial charge is 0.328 e. The van der Waals surface area contributed by atoms with Crippen LogP contribution in [0.15, 0.2) is 28.3 Å². The SMILES string of the molecule is CCCSc1nc(Cl)c2[nH]c(=O)n(Cc3ccnc(C)c3)c2n1. The maximum absolute atomic E-state index is 12.3. The molecule has 3 aromatic rings. The van der Waals surface area contributed by atoms with Crippen LogP contribution >= 0.6 is 23.4 Å². The van der Waals surface area contributed by atoms with Crippen molar-refractivity contribution in [3.05, 3.63) is 45.2 Å². The number of aryl methyl sites for hydroxylation is 1. The van der Waals surface area contributed by atoms with Crippen LogP contribution in [0, 0.1) is 6.92 Å². The van der Waals surface area contributed by atoms with Gasteiger partial charge in [-0.3, -0.25) is 9.55 Å². The first-order chi connectivity index (χ1) is 11.1.